The number of imidazole rings is 1. The van der Waals surface area contributed by atoms with Crippen LogP contribution in [0.5, 0.6) is 0 Å². The molecule has 41 heavy (non-hydrogen) atoms. The molecule has 212 valence electrons. The van der Waals surface area contributed by atoms with E-state index in [4.69, 9.17) is 4.74 Å². The first kappa shape index (κ1) is 27.1. The molecule has 0 saturated carbocycles. The molecule has 1 N–H and O–H groups in total. The molecule has 0 bridgehead atoms. The number of hydrogen-bond donors (Lipinski definition) is 1. The van der Waals surface area contributed by atoms with Gasteiger partial charge in [0.2, 0.25) is 10.0 Å². The zero-order valence-corrected chi connectivity index (χ0v) is 23.1. The second-order valence-corrected chi connectivity index (χ2v) is 11.8. The lowest BCUT2D eigenvalue weighted by Gasteiger charge is -2.26. The average Bonchev–Trinajstić information content (AvgIpc) is 3.60. The maximum absolute atomic E-state index is 14.7. The standard InChI is InChI=1S/C29H28F2N6O3S/c1-41(38,39)34-24-12-21(26-15-23(30)3-4-27(26)31)13-25(16-24)37-19-32-28-14-20(2-5-29(28)37)22-17-33-36(18-22)7-6-35-8-10-40-11-9-35/h2-5,12-19,34H,6-11H2,1H3. The third kappa shape index (κ3) is 6.14. The first-order valence-corrected chi connectivity index (χ1v) is 15.0. The molecule has 1 saturated heterocycles. The lowest BCUT2D eigenvalue weighted by Crippen LogP contribution is -2.38. The summed E-state index contributed by atoms with van der Waals surface area (Å²) in [5, 5.41) is 4.52. The number of fused-ring (bicyclic) bond motifs is 1. The number of anilines is 1. The molecule has 2 aromatic heterocycles. The van der Waals surface area contributed by atoms with Gasteiger partial charge < -0.3 is 4.74 Å². The summed E-state index contributed by atoms with van der Waals surface area (Å²) in [6, 6.07) is 13.8. The van der Waals surface area contributed by atoms with Gasteiger partial charge in [0.15, 0.2) is 0 Å². The van der Waals surface area contributed by atoms with E-state index in [1.165, 1.54) is 6.07 Å². The minimum absolute atomic E-state index is 0.0146. The topological polar surface area (TPSA) is 94.3 Å². The van der Waals surface area contributed by atoms with Crippen molar-refractivity contribution in [3.8, 4) is 27.9 Å². The molecule has 0 unspecified atom stereocenters. The molecule has 3 heterocycles. The molecule has 1 fully saturated rings. The van der Waals surface area contributed by atoms with Crippen molar-refractivity contribution in [2.45, 2.75) is 6.54 Å². The fourth-order valence-corrected chi connectivity index (χ4v) is 5.55. The highest BCUT2D eigenvalue weighted by molar-refractivity contribution is 7.92. The Labute approximate surface area is 236 Å². The molecule has 0 aliphatic carbocycles. The SMILES string of the molecule is CS(=O)(=O)Nc1cc(-c2cc(F)ccc2F)cc(-n2cnc3cc(-c4cnn(CCN5CCOCC5)c4)ccc32)c1. The maximum Gasteiger partial charge on any atom is 0.229 e. The monoisotopic (exact) mass is 578 g/mol. The number of nitrogens with one attached hydrogen (secondary N) is 1. The number of morpholine rings is 1. The summed E-state index contributed by atoms with van der Waals surface area (Å²) in [4.78, 5) is 6.93. The van der Waals surface area contributed by atoms with Crippen molar-refractivity contribution in [2.24, 2.45) is 0 Å². The second kappa shape index (κ2) is 11.0. The van der Waals surface area contributed by atoms with E-state index < -0.39 is 21.7 Å². The van der Waals surface area contributed by atoms with Crippen LogP contribution < -0.4 is 4.72 Å². The molecule has 3 aromatic carbocycles. The van der Waals surface area contributed by atoms with Crippen LogP contribution in [0.15, 0.2) is 73.3 Å². The molecular weight excluding hydrogens is 550 g/mol. The van der Waals surface area contributed by atoms with Crippen LogP contribution in [-0.4, -0.2) is 71.8 Å². The van der Waals surface area contributed by atoms with Crippen LogP contribution in [0.25, 0.3) is 39.0 Å². The predicted molar refractivity (Wildman–Crippen MR) is 153 cm³/mol. The molecule has 1 aliphatic rings. The zero-order chi connectivity index (χ0) is 28.6. The lowest BCUT2D eigenvalue weighted by molar-refractivity contribution is 0.0360. The molecule has 0 radical (unpaired) electrons. The summed E-state index contributed by atoms with van der Waals surface area (Å²) in [6.45, 7) is 5.07. The van der Waals surface area contributed by atoms with Gasteiger partial charge in [-0.05, 0) is 59.7 Å². The number of benzene rings is 3. The van der Waals surface area contributed by atoms with Crippen LogP contribution in [0, 0.1) is 11.6 Å². The van der Waals surface area contributed by atoms with E-state index in [9.17, 15) is 17.2 Å². The zero-order valence-electron chi connectivity index (χ0n) is 22.3. The van der Waals surface area contributed by atoms with Crippen LogP contribution in [0.1, 0.15) is 0 Å². The number of ether oxygens (including phenoxy) is 1. The Morgan fingerprint density at radius 2 is 1.78 bits per heavy atom. The van der Waals surface area contributed by atoms with Crippen LogP contribution in [0.4, 0.5) is 14.5 Å². The highest BCUT2D eigenvalue weighted by Gasteiger charge is 2.15. The van der Waals surface area contributed by atoms with E-state index in [-0.39, 0.29) is 11.3 Å². The van der Waals surface area contributed by atoms with Crippen molar-refractivity contribution in [3.63, 3.8) is 0 Å². The fraction of sp³-hybridized carbons (Fsp3) is 0.241. The van der Waals surface area contributed by atoms with Gasteiger partial charge in [-0.2, -0.15) is 5.10 Å². The summed E-state index contributed by atoms with van der Waals surface area (Å²) in [6.07, 6.45) is 6.49. The number of halogens is 2. The number of nitrogens with zero attached hydrogens (tertiary/aromatic N) is 5. The minimum atomic E-state index is -3.63. The largest absolute Gasteiger partial charge is 0.379 e. The summed E-state index contributed by atoms with van der Waals surface area (Å²) in [5.74, 6) is -1.23. The maximum atomic E-state index is 14.7. The van der Waals surface area contributed by atoms with E-state index in [0.29, 0.717) is 16.8 Å². The van der Waals surface area contributed by atoms with Gasteiger partial charge in [-0.25, -0.2) is 22.2 Å². The van der Waals surface area contributed by atoms with Gasteiger partial charge in [0.05, 0.1) is 48.9 Å². The Bertz CT molecular complexity index is 1830. The van der Waals surface area contributed by atoms with Crippen molar-refractivity contribution in [2.75, 3.05) is 43.8 Å². The summed E-state index contributed by atoms with van der Waals surface area (Å²) in [5.41, 5.74) is 4.46. The van der Waals surface area contributed by atoms with E-state index in [2.05, 4.69) is 19.7 Å². The minimum Gasteiger partial charge on any atom is -0.379 e. The smallest absolute Gasteiger partial charge is 0.229 e. The average molecular weight is 579 g/mol. The summed E-state index contributed by atoms with van der Waals surface area (Å²) >= 11 is 0. The van der Waals surface area contributed by atoms with E-state index in [0.717, 1.165) is 80.5 Å². The van der Waals surface area contributed by atoms with Crippen LogP contribution in [-0.2, 0) is 21.3 Å². The first-order chi connectivity index (χ1) is 19.7. The van der Waals surface area contributed by atoms with E-state index >= 15 is 0 Å². The highest BCUT2D eigenvalue weighted by atomic mass is 32.2. The van der Waals surface area contributed by atoms with Crippen molar-refractivity contribution in [1.29, 1.82) is 0 Å². The van der Waals surface area contributed by atoms with Gasteiger partial charge in [-0.15, -0.1) is 0 Å². The third-order valence-corrected chi connectivity index (χ3v) is 7.61. The number of sulfonamides is 1. The third-order valence-electron chi connectivity index (χ3n) is 7.00. The Hall–Kier alpha value is -4.13. The van der Waals surface area contributed by atoms with E-state index in [1.54, 1.807) is 23.0 Å². The van der Waals surface area contributed by atoms with Crippen LogP contribution >= 0.6 is 0 Å². The van der Waals surface area contributed by atoms with Gasteiger partial charge in [-0.1, -0.05) is 6.07 Å². The molecular formula is C29H28F2N6O3S. The van der Waals surface area contributed by atoms with Crippen molar-refractivity contribution >= 4 is 26.7 Å². The summed E-state index contributed by atoms with van der Waals surface area (Å²) < 4.78 is 64.2. The molecule has 12 heteroatoms. The van der Waals surface area contributed by atoms with Crippen molar-refractivity contribution in [1.82, 2.24) is 24.2 Å². The Morgan fingerprint density at radius 1 is 0.951 bits per heavy atom. The Balaban J connectivity index is 1.32. The van der Waals surface area contributed by atoms with Crippen LogP contribution in [0.3, 0.4) is 0 Å². The van der Waals surface area contributed by atoms with Crippen molar-refractivity contribution < 1.29 is 21.9 Å². The normalized spacial score (nSPS) is 14.5. The lowest BCUT2D eigenvalue weighted by atomic mass is 10.0. The highest BCUT2D eigenvalue weighted by Crippen LogP contribution is 2.32. The molecule has 0 amide bonds. The Morgan fingerprint density at radius 3 is 2.59 bits per heavy atom. The first-order valence-electron chi connectivity index (χ1n) is 13.1. The molecule has 5 aromatic rings. The fourth-order valence-electron chi connectivity index (χ4n) is 5.00. The number of aromatic nitrogens is 4. The van der Waals surface area contributed by atoms with Gasteiger partial charge >= 0.3 is 0 Å². The van der Waals surface area contributed by atoms with Crippen LogP contribution in [0.2, 0.25) is 0 Å². The van der Waals surface area contributed by atoms with Gasteiger partial charge in [0.1, 0.15) is 18.0 Å². The molecule has 0 atom stereocenters. The van der Waals surface area contributed by atoms with E-state index in [1.807, 2.05) is 35.3 Å². The van der Waals surface area contributed by atoms with Gasteiger partial charge in [0.25, 0.3) is 0 Å². The second-order valence-electron chi connectivity index (χ2n) is 10.0. The number of hydrogen-bond acceptors (Lipinski definition) is 6. The Kier molecular flexibility index (Phi) is 7.28. The quantitative estimate of drug-likeness (QED) is 0.291. The number of rotatable bonds is 8. The predicted octanol–water partition coefficient (Wildman–Crippen LogP) is 4.54. The molecule has 6 rings (SSSR count). The van der Waals surface area contributed by atoms with Gasteiger partial charge in [0, 0.05) is 42.6 Å². The molecule has 9 nitrogen and oxygen atoms in total. The molecule has 0 spiro atoms. The van der Waals surface area contributed by atoms with Gasteiger partial charge in [-0.3, -0.25) is 18.9 Å². The summed E-state index contributed by atoms with van der Waals surface area (Å²) in [7, 11) is -3.63. The van der Waals surface area contributed by atoms with Crippen molar-refractivity contribution in [3.05, 3.63) is 85.0 Å². The molecule has 1 aliphatic heterocycles.